The van der Waals surface area contributed by atoms with Crippen molar-refractivity contribution in [3.8, 4) is 11.5 Å². The van der Waals surface area contributed by atoms with Gasteiger partial charge < -0.3 is 14.2 Å². The summed E-state index contributed by atoms with van der Waals surface area (Å²) < 4.78 is 40.3. The largest absolute Gasteiger partial charge is 0.493 e. The minimum atomic E-state index is -2.87. The molecule has 0 saturated carbocycles. The van der Waals surface area contributed by atoms with Gasteiger partial charge in [-0.25, -0.2) is 0 Å². The van der Waals surface area contributed by atoms with Crippen molar-refractivity contribution in [3.05, 3.63) is 23.8 Å². The maximum atomic E-state index is 12.6. The fourth-order valence-corrected chi connectivity index (χ4v) is 2.66. The number of benzene rings is 1. The molecule has 6 heteroatoms. The second-order valence-electron chi connectivity index (χ2n) is 5.06. The van der Waals surface area contributed by atoms with E-state index < -0.39 is 6.61 Å². The van der Waals surface area contributed by atoms with Crippen LogP contribution < -0.4 is 9.47 Å². The lowest BCUT2D eigenvalue weighted by molar-refractivity contribution is -0.0524. The number of hydrogen-bond donors (Lipinski definition) is 0. The zero-order valence-electron chi connectivity index (χ0n) is 12.4. The van der Waals surface area contributed by atoms with Crippen LogP contribution in [0, 0.1) is 0 Å². The number of ether oxygens (including phenoxy) is 3. The third kappa shape index (κ3) is 4.28. The van der Waals surface area contributed by atoms with Crippen molar-refractivity contribution in [1.29, 1.82) is 0 Å². The highest BCUT2D eigenvalue weighted by Crippen LogP contribution is 2.33. The van der Waals surface area contributed by atoms with Crippen LogP contribution in [0.1, 0.15) is 18.4 Å². The van der Waals surface area contributed by atoms with Crippen molar-refractivity contribution < 1.29 is 23.0 Å². The van der Waals surface area contributed by atoms with Gasteiger partial charge in [0.2, 0.25) is 0 Å². The van der Waals surface area contributed by atoms with E-state index in [0.29, 0.717) is 17.9 Å². The summed E-state index contributed by atoms with van der Waals surface area (Å²) in [7, 11) is 3.14. The minimum absolute atomic E-state index is 0.120. The molecule has 0 bridgehead atoms. The van der Waals surface area contributed by atoms with Crippen LogP contribution in [0.15, 0.2) is 18.2 Å². The quantitative estimate of drug-likeness (QED) is 0.808. The van der Waals surface area contributed by atoms with Crippen molar-refractivity contribution >= 4 is 0 Å². The number of nitrogens with zero attached hydrogens (tertiary/aromatic N) is 1. The van der Waals surface area contributed by atoms with Crippen molar-refractivity contribution in [1.82, 2.24) is 4.90 Å². The molecule has 0 unspecified atom stereocenters. The Morgan fingerprint density at radius 3 is 2.81 bits per heavy atom. The molecule has 1 aliphatic rings. The van der Waals surface area contributed by atoms with Gasteiger partial charge in [0.15, 0.2) is 11.5 Å². The number of halogens is 2. The van der Waals surface area contributed by atoms with E-state index in [0.717, 1.165) is 25.9 Å². The number of alkyl halides is 2. The number of likely N-dealkylation sites (tertiary alicyclic amines) is 1. The first kappa shape index (κ1) is 16.0. The number of piperidine rings is 1. The van der Waals surface area contributed by atoms with E-state index in [-0.39, 0.29) is 11.9 Å². The molecule has 0 spiro atoms. The molecule has 1 aromatic rings. The lowest BCUT2D eigenvalue weighted by Crippen LogP contribution is -2.38. The summed E-state index contributed by atoms with van der Waals surface area (Å²) in [5, 5.41) is 0. The standard InChI is InChI=1S/C15H21F2NO3/c1-19-12-6-4-8-18(10-12)9-11-5-3-7-13(20-2)14(11)21-15(16)17/h3,5,7,12,15H,4,6,8-10H2,1-2H3/t12-/m1/s1. The molecule has 0 N–H and O–H groups in total. The number of para-hydroxylation sites is 1. The molecule has 0 amide bonds. The van der Waals surface area contributed by atoms with Gasteiger partial charge >= 0.3 is 6.61 Å². The van der Waals surface area contributed by atoms with Crippen molar-refractivity contribution in [2.24, 2.45) is 0 Å². The molecule has 1 heterocycles. The monoisotopic (exact) mass is 301 g/mol. The Morgan fingerprint density at radius 1 is 1.33 bits per heavy atom. The molecule has 0 aliphatic carbocycles. The molecule has 1 saturated heterocycles. The Bertz CT molecular complexity index is 457. The first-order chi connectivity index (χ1) is 10.1. The maximum absolute atomic E-state index is 12.6. The van der Waals surface area contributed by atoms with E-state index in [1.165, 1.54) is 7.11 Å². The predicted octanol–water partition coefficient (Wildman–Crippen LogP) is 2.91. The molecule has 1 atom stereocenters. The van der Waals surface area contributed by atoms with Gasteiger partial charge in [0, 0.05) is 25.8 Å². The van der Waals surface area contributed by atoms with Crippen molar-refractivity contribution in [2.75, 3.05) is 27.3 Å². The van der Waals surface area contributed by atoms with E-state index >= 15 is 0 Å². The second-order valence-corrected chi connectivity index (χ2v) is 5.06. The predicted molar refractivity (Wildman–Crippen MR) is 74.9 cm³/mol. The van der Waals surface area contributed by atoms with Crippen LogP contribution in [0.2, 0.25) is 0 Å². The normalized spacial score (nSPS) is 19.8. The van der Waals surface area contributed by atoms with Gasteiger partial charge in [0.1, 0.15) is 0 Å². The van der Waals surface area contributed by atoms with E-state index in [1.807, 2.05) is 0 Å². The third-order valence-corrected chi connectivity index (χ3v) is 3.68. The summed E-state index contributed by atoms with van der Waals surface area (Å²) in [6.45, 7) is -0.611. The summed E-state index contributed by atoms with van der Waals surface area (Å²) in [6, 6.07) is 5.19. The van der Waals surface area contributed by atoms with E-state index in [2.05, 4.69) is 9.64 Å². The Hall–Kier alpha value is -1.40. The van der Waals surface area contributed by atoms with Gasteiger partial charge in [0.05, 0.1) is 13.2 Å². The van der Waals surface area contributed by atoms with Crippen LogP contribution in [0.25, 0.3) is 0 Å². The van der Waals surface area contributed by atoms with Crippen LogP contribution in [0.4, 0.5) is 8.78 Å². The second kappa shape index (κ2) is 7.56. The van der Waals surface area contributed by atoms with Gasteiger partial charge in [0.25, 0.3) is 0 Å². The highest BCUT2D eigenvalue weighted by atomic mass is 19.3. The van der Waals surface area contributed by atoms with Gasteiger partial charge in [-0.3, -0.25) is 4.90 Å². The van der Waals surface area contributed by atoms with Gasteiger partial charge in [-0.1, -0.05) is 12.1 Å². The van der Waals surface area contributed by atoms with Crippen LogP contribution in [-0.4, -0.2) is 44.9 Å². The maximum Gasteiger partial charge on any atom is 0.387 e. The lowest BCUT2D eigenvalue weighted by atomic mass is 10.1. The van der Waals surface area contributed by atoms with Crippen molar-refractivity contribution in [2.45, 2.75) is 32.1 Å². The highest BCUT2D eigenvalue weighted by molar-refractivity contribution is 5.46. The van der Waals surface area contributed by atoms with Gasteiger partial charge in [-0.2, -0.15) is 8.78 Å². The van der Waals surface area contributed by atoms with Gasteiger partial charge in [-0.05, 0) is 25.5 Å². The smallest absolute Gasteiger partial charge is 0.387 e. The Kier molecular flexibility index (Phi) is 5.76. The van der Waals surface area contributed by atoms with Gasteiger partial charge in [-0.15, -0.1) is 0 Å². The van der Waals surface area contributed by atoms with Crippen LogP contribution in [-0.2, 0) is 11.3 Å². The van der Waals surface area contributed by atoms with E-state index in [4.69, 9.17) is 9.47 Å². The lowest BCUT2D eigenvalue weighted by Gasteiger charge is -2.32. The third-order valence-electron chi connectivity index (χ3n) is 3.68. The van der Waals surface area contributed by atoms with Crippen LogP contribution in [0.5, 0.6) is 11.5 Å². The Balaban J connectivity index is 2.14. The summed E-state index contributed by atoms with van der Waals surface area (Å²) in [5.41, 5.74) is 0.700. The number of rotatable bonds is 6. The molecule has 0 aromatic heterocycles. The molecule has 21 heavy (non-hydrogen) atoms. The molecular weight excluding hydrogens is 280 g/mol. The number of methoxy groups -OCH3 is 2. The molecule has 1 fully saturated rings. The first-order valence-electron chi connectivity index (χ1n) is 7.00. The Morgan fingerprint density at radius 2 is 2.14 bits per heavy atom. The summed E-state index contributed by atoms with van der Waals surface area (Å²) in [6.07, 6.45) is 2.27. The average Bonchev–Trinajstić information content (AvgIpc) is 2.48. The zero-order valence-corrected chi connectivity index (χ0v) is 12.4. The molecule has 0 radical (unpaired) electrons. The molecule has 1 aliphatic heterocycles. The number of hydrogen-bond acceptors (Lipinski definition) is 4. The Labute approximate surface area is 123 Å². The minimum Gasteiger partial charge on any atom is -0.493 e. The molecule has 4 nitrogen and oxygen atoms in total. The summed E-state index contributed by atoms with van der Waals surface area (Å²) in [5.74, 6) is 0.447. The van der Waals surface area contributed by atoms with E-state index in [1.54, 1.807) is 25.3 Å². The fourth-order valence-electron chi connectivity index (χ4n) is 2.66. The van der Waals surface area contributed by atoms with Crippen molar-refractivity contribution in [3.63, 3.8) is 0 Å². The topological polar surface area (TPSA) is 30.9 Å². The summed E-state index contributed by atoms with van der Waals surface area (Å²) >= 11 is 0. The SMILES string of the molecule is COc1cccc(CN2CCC[C@@H](OC)C2)c1OC(F)F. The summed E-state index contributed by atoms with van der Waals surface area (Å²) in [4.78, 5) is 2.19. The molecule has 118 valence electrons. The molecule has 2 rings (SSSR count). The van der Waals surface area contributed by atoms with E-state index in [9.17, 15) is 8.78 Å². The zero-order chi connectivity index (χ0) is 15.2. The molecule has 1 aromatic carbocycles. The van der Waals surface area contributed by atoms with Crippen LogP contribution in [0.3, 0.4) is 0 Å². The highest BCUT2D eigenvalue weighted by Gasteiger charge is 2.22. The first-order valence-corrected chi connectivity index (χ1v) is 7.00. The van der Waals surface area contributed by atoms with Crippen LogP contribution >= 0.6 is 0 Å². The fraction of sp³-hybridized carbons (Fsp3) is 0.600. The molecular formula is C15H21F2NO3. The average molecular weight is 301 g/mol.